The molecule has 4 rings (SSSR count). The number of aromatic nitrogens is 1. The normalized spacial score (nSPS) is 15.6. The Bertz CT molecular complexity index is 1190. The monoisotopic (exact) mass is 461 g/mol. The number of aryl methyl sites for hydroxylation is 2. The maximum absolute atomic E-state index is 13.5. The maximum atomic E-state index is 13.5. The van der Waals surface area contributed by atoms with E-state index in [1.807, 2.05) is 26.0 Å². The van der Waals surface area contributed by atoms with Crippen LogP contribution in [0.3, 0.4) is 0 Å². The van der Waals surface area contributed by atoms with Crippen LogP contribution in [0.5, 0.6) is 0 Å². The average molecular weight is 462 g/mol. The third-order valence-electron chi connectivity index (χ3n) is 6.52. The standard InChI is InChI=1S/C27H31N3O2S/c1-16-6-9-21(17(2)14-16)29-25(32)23-20-8-7-19(27(3,4)5)15-22(20)33-26(23)30-24(31)18-10-12-28-13-11-18/h6,9-14,19H,7-8,15H2,1-5H3,(H,29,32)(H,30,31). The second kappa shape index (κ2) is 9.10. The summed E-state index contributed by atoms with van der Waals surface area (Å²) >= 11 is 1.54. The van der Waals surface area contributed by atoms with Crippen molar-refractivity contribution in [3.8, 4) is 0 Å². The van der Waals surface area contributed by atoms with E-state index in [1.165, 1.54) is 4.88 Å². The fourth-order valence-corrected chi connectivity index (χ4v) is 5.79. The summed E-state index contributed by atoms with van der Waals surface area (Å²) in [6.07, 6.45) is 5.99. The van der Waals surface area contributed by atoms with Crippen LogP contribution in [0.1, 0.15) is 69.5 Å². The molecule has 1 aromatic carbocycles. The van der Waals surface area contributed by atoms with Gasteiger partial charge in [-0.2, -0.15) is 0 Å². The van der Waals surface area contributed by atoms with Gasteiger partial charge in [-0.05, 0) is 73.8 Å². The van der Waals surface area contributed by atoms with Crippen molar-refractivity contribution in [2.45, 2.75) is 53.9 Å². The number of carbonyl (C=O) groups excluding carboxylic acids is 2. The van der Waals surface area contributed by atoms with Crippen LogP contribution in [0.4, 0.5) is 10.7 Å². The predicted octanol–water partition coefficient (Wildman–Crippen LogP) is 6.42. The van der Waals surface area contributed by atoms with Gasteiger partial charge in [0.05, 0.1) is 5.56 Å². The Kier molecular flexibility index (Phi) is 6.39. The van der Waals surface area contributed by atoms with E-state index < -0.39 is 0 Å². The highest BCUT2D eigenvalue weighted by Gasteiger charge is 2.34. The number of hydrogen-bond acceptors (Lipinski definition) is 4. The minimum Gasteiger partial charge on any atom is -0.322 e. The largest absolute Gasteiger partial charge is 0.322 e. The minimum atomic E-state index is -0.232. The number of thiophene rings is 1. The quantitative estimate of drug-likeness (QED) is 0.471. The van der Waals surface area contributed by atoms with Crippen molar-refractivity contribution in [3.05, 3.63) is 75.4 Å². The van der Waals surface area contributed by atoms with E-state index in [9.17, 15) is 9.59 Å². The first-order valence-electron chi connectivity index (χ1n) is 11.4. The Balaban J connectivity index is 1.70. The molecule has 1 atom stereocenters. The molecular weight excluding hydrogens is 430 g/mol. The number of carbonyl (C=O) groups is 2. The predicted molar refractivity (Wildman–Crippen MR) is 135 cm³/mol. The van der Waals surface area contributed by atoms with Gasteiger partial charge < -0.3 is 10.6 Å². The number of rotatable bonds is 4. The van der Waals surface area contributed by atoms with Gasteiger partial charge >= 0.3 is 0 Å². The van der Waals surface area contributed by atoms with Gasteiger partial charge in [-0.25, -0.2) is 0 Å². The Labute approximate surface area is 199 Å². The summed E-state index contributed by atoms with van der Waals surface area (Å²) in [5.74, 6) is 0.144. The molecule has 0 fully saturated rings. The van der Waals surface area contributed by atoms with Gasteiger partial charge in [0.1, 0.15) is 5.00 Å². The topological polar surface area (TPSA) is 71.1 Å². The van der Waals surface area contributed by atoms with Crippen LogP contribution in [0, 0.1) is 25.2 Å². The van der Waals surface area contributed by atoms with Crippen molar-refractivity contribution in [1.82, 2.24) is 4.98 Å². The highest BCUT2D eigenvalue weighted by atomic mass is 32.1. The van der Waals surface area contributed by atoms with Crippen molar-refractivity contribution in [3.63, 3.8) is 0 Å². The smallest absolute Gasteiger partial charge is 0.258 e. The number of anilines is 2. The third-order valence-corrected chi connectivity index (χ3v) is 7.69. The molecule has 0 saturated carbocycles. The Morgan fingerprint density at radius 2 is 1.76 bits per heavy atom. The van der Waals surface area contributed by atoms with Gasteiger partial charge in [0.2, 0.25) is 0 Å². The first-order valence-corrected chi connectivity index (χ1v) is 12.2. The Morgan fingerprint density at radius 3 is 2.42 bits per heavy atom. The molecule has 1 aliphatic rings. The van der Waals surface area contributed by atoms with Crippen molar-refractivity contribution in [1.29, 1.82) is 0 Å². The van der Waals surface area contributed by atoms with Gasteiger partial charge in [0, 0.05) is 28.5 Å². The number of amides is 2. The summed E-state index contributed by atoms with van der Waals surface area (Å²) in [7, 11) is 0. The summed E-state index contributed by atoms with van der Waals surface area (Å²) in [4.78, 5) is 31.6. The fourth-order valence-electron chi connectivity index (χ4n) is 4.47. The van der Waals surface area contributed by atoms with Gasteiger partial charge in [-0.3, -0.25) is 14.6 Å². The second-order valence-electron chi connectivity index (χ2n) is 9.98. The van der Waals surface area contributed by atoms with E-state index in [2.05, 4.69) is 42.5 Å². The van der Waals surface area contributed by atoms with E-state index in [4.69, 9.17) is 0 Å². The zero-order chi connectivity index (χ0) is 23.8. The SMILES string of the molecule is Cc1ccc(NC(=O)c2c(NC(=O)c3ccncc3)sc3c2CCC(C(C)(C)C)C3)c(C)c1. The fraction of sp³-hybridized carbons (Fsp3) is 0.370. The number of hydrogen-bond donors (Lipinski definition) is 2. The number of pyridine rings is 1. The van der Waals surface area contributed by atoms with E-state index in [0.717, 1.165) is 41.6 Å². The highest BCUT2D eigenvalue weighted by molar-refractivity contribution is 7.17. The van der Waals surface area contributed by atoms with Gasteiger partial charge in [-0.15, -0.1) is 11.3 Å². The third kappa shape index (κ3) is 5.01. The lowest BCUT2D eigenvalue weighted by Gasteiger charge is -2.33. The minimum absolute atomic E-state index is 0.168. The highest BCUT2D eigenvalue weighted by Crippen LogP contribution is 2.44. The summed E-state index contributed by atoms with van der Waals surface area (Å²) in [5.41, 5.74) is 5.35. The van der Waals surface area contributed by atoms with Crippen molar-refractivity contribution in [2.24, 2.45) is 11.3 Å². The molecule has 1 unspecified atom stereocenters. The molecule has 5 nitrogen and oxygen atoms in total. The van der Waals surface area contributed by atoms with Gasteiger partial charge in [0.25, 0.3) is 11.8 Å². The summed E-state index contributed by atoms with van der Waals surface area (Å²) < 4.78 is 0. The lowest BCUT2D eigenvalue weighted by Crippen LogP contribution is -2.27. The molecule has 1 aliphatic carbocycles. The zero-order valence-corrected chi connectivity index (χ0v) is 20.7. The maximum Gasteiger partial charge on any atom is 0.258 e. The van der Waals surface area contributed by atoms with E-state index in [0.29, 0.717) is 22.0 Å². The molecule has 172 valence electrons. The van der Waals surface area contributed by atoms with Crippen LogP contribution in [-0.4, -0.2) is 16.8 Å². The molecule has 3 aromatic rings. The molecule has 0 bridgehead atoms. The zero-order valence-electron chi connectivity index (χ0n) is 19.9. The first kappa shape index (κ1) is 23.2. The number of nitrogens with one attached hydrogen (secondary N) is 2. The van der Waals surface area contributed by atoms with Gasteiger partial charge in [-0.1, -0.05) is 38.5 Å². The number of nitrogens with zero attached hydrogens (tertiary/aromatic N) is 1. The second-order valence-corrected chi connectivity index (χ2v) is 11.1. The number of fused-ring (bicyclic) bond motifs is 1. The number of benzene rings is 1. The molecule has 33 heavy (non-hydrogen) atoms. The van der Waals surface area contributed by atoms with Crippen LogP contribution in [0.2, 0.25) is 0 Å². The molecule has 2 amide bonds. The molecule has 0 radical (unpaired) electrons. The van der Waals surface area contributed by atoms with Crippen LogP contribution in [-0.2, 0) is 12.8 Å². The van der Waals surface area contributed by atoms with Crippen molar-refractivity contribution >= 4 is 33.8 Å². The average Bonchev–Trinajstić information content (AvgIpc) is 3.12. The molecule has 2 aromatic heterocycles. The molecule has 2 heterocycles. The lowest BCUT2D eigenvalue weighted by atomic mass is 9.72. The van der Waals surface area contributed by atoms with Crippen LogP contribution >= 0.6 is 11.3 Å². The van der Waals surface area contributed by atoms with E-state index >= 15 is 0 Å². The summed E-state index contributed by atoms with van der Waals surface area (Å²) in [5, 5.41) is 6.73. The Hall–Kier alpha value is -2.99. The van der Waals surface area contributed by atoms with Crippen LogP contribution < -0.4 is 10.6 Å². The summed E-state index contributed by atoms with van der Waals surface area (Å²) in [6.45, 7) is 10.8. The first-order chi connectivity index (χ1) is 15.6. The molecule has 0 spiro atoms. The van der Waals surface area contributed by atoms with Crippen molar-refractivity contribution < 1.29 is 9.59 Å². The summed E-state index contributed by atoms with van der Waals surface area (Å²) in [6, 6.07) is 9.33. The molecule has 0 aliphatic heterocycles. The molecular formula is C27H31N3O2S. The van der Waals surface area contributed by atoms with E-state index in [-0.39, 0.29) is 17.2 Å². The van der Waals surface area contributed by atoms with E-state index in [1.54, 1.807) is 35.9 Å². The van der Waals surface area contributed by atoms with Gasteiger partial charge in [0.15, 0.2) is 0 Å². The Morgan fingerprint density at radius 1 is 1.03 bits per heavy atom. The van der Waals surface area contributed by atoms with Crippen LogP contribution in [0.15, 0.2) is 42.7 Å². The lowest BCUT2D eigenvalue weighted by molar-refractivity contribution is 0.102. The molecule has 2 N–H and O–H groups in total. The van der Waals surface area contributed by atoms with Crippen molar-refractivity contribution in [2.75, 3.05) is 10.6 Å². The molecule has 0 saturated heterocycles. The molecule has 6 heteroatoms. The van der Waals surface area contributed by atoms with Crippen LogP contribution in [0.25, 0.3) is 0 Å².